The minimum Gasteiger partial charge on any atom is -0.389 e. The number of benzene rings is 1. The quantitative estimate of drug-likeness (QED) is 0.884. The summed E-state index contributed by atoms with van der Waals surface area (Å²) in [6, 6.07) is 4.48. The Hall–Kier alpha value is -1.60. The number of halogens is 1. The van der Waals surface area contributed by atoms with Gasteiger partial charge in [-0.3, -0.25) is 4.57 Å². The van der Waals surface area contributed by atoms with E-state index in [1.165, 1.54) is 23.7 Å². The highest BCUT2D eigenvalue weighted by Gasteiger charge is 2.16. The minimum atomic E-state index is -0.792. The maximum Gasteiger partial charge on any atom is 0.343 e. The van der Waals surface area contributed by atoms with Gasteiger partial charge in [-0.15, -0.1) is 5.10 Å². The van der Waals surface area contributed by atoms with Gasteiger partial charge in [0.25, 0.3) is 0 Å². The number of H-pyrrole nitrogens is 1. The summed E-state index contributed by atoms with van der Waals surface area (Å²) in [5.74, 6) is -0.450. The first-order valence-corrected chi connectivity index (χ1v) is 6.08. The van der Waals surface area contributed by atoms with Crippen molar-refractivity contribution in [3.63, 3.8) is 0 Å². The molecular weight excluding hydrogens is 257 g/mol. The second-order valence-electron chi connectivity index (χ2n) is 3.81. The molecule has 0 saturated heterocycles. The fraction of sp³-hybridized carbons (Fsp3) is 0.273. The molecule has 0 amide bonds. The molecule has 1 aromatic heterocycles. The molecule has 18 heavy (non-hydrogen) atoms. The van der Waals surface area contributed by atoms with E-state index in [1.54, 1.807) is 13.0 Å². The summed E-state index contributed by atoms with van der Waals surface area (Å²) in [4.78, 5) is 11.5. The van der Waals surface area contributed by atoms with Crippen LogP contribution in [0.1, 0.15) is 18.6 Å². The monoisotopic (exact) mass is 269 g/mol. The summed E-state index contributed by atoms with van der Waals surface area (Å²) in [7, 11) is 1.54. The van der Waals surface area contributed by atoms with Crippen molar-refractivity contribution in [2.75, 3.05) is 0 Å². The molecule has 2 N–H and O–H groups in total. The van der Waals surface area contributed by atoms with Gasteiger partial charge in [-0.2, -0.15) is 0 Å². The Morgan fingerprint density at radius 3 is 2.83 bits per heavy atom. The number of aromatic nitrogens is 3. The van der Waals surface area contributed by atoms with Crippen molar-refractivity contribution in [2.45, 2.75) is 23.1 Å². The second kappa shape index (κ2) is 4.95. The van der Waals surface area contributed by atoms with E-state index >= 15 is 0 Å². The van der Waals surface area contributed by atoms with Crippen LogP contribution in [-0.4, -0.2) is 19.9 Å². The summed E-state index contributed by atoms with van der Waals surface area (Å²) in [6.07, 6.45) is -0.792. The van der Waals surface area contributed by atoms with E-state index in [4.69, 9.17) is 0 Å². The predicted octanol–water partition coefficient (Wildman–Crippen LogP) is 1.45. The molecule has 0 radical (unpaired) electrons. The molecule has 2 rings (SSSR count). The zero-order chi connectivity index (χ0) is 13.3. The average Bonchev–Trinajstić information content (AvgIpc) is 2.63. The molecule has 1 aromatic carbocycles. The van der Waals surface area contributed by atoms with Crippen LogP contribution in [0.25, 0.3) is 0 Å². The number of aliphatic hydroxyl groups is 1. The van der Waals surface area contributed by atoms with Crippen molar-refractivity contribution >= 4 is 11.8 Å². The number of aromatic amines is 1. The Morgan fingerprint density at radius 2 is 2.28 bits per heavy atom. The highest BCUT2D eigenvalue weighted by Crippen LogP contribution is 2.33. The summed E-state index contributed by atoms with van der Waals surface area (Å²) in [6.45, 7) is 1.56. The van der Waals surface area contributed by atoms with Gasteiger partial charge in [0, 0.05) is 7.05 Å². The Labute approximate surface area is 107 Å². The molecule has 0 saturated carbocycles. The number of nitrogens with zero attached hydrogens (tertiary/aromatic N) is 2. The van der Waals surface area contributed by atoms with E-state index in [9.17, 15) is 14.3 Å². The number of hydrogen-bond donors (Lipinski definition) is 2. The van der Waals surface area contributed by atoms with E-state index in [-0.39, 0.29) is 10.6 Å². The first-order valence-electron chi connectivity index (χ1n) is 5.26. The maximum atomic E-state index is 13.8. The largest absolute Gasteiger partial charge is 0.389 e. The molecule has 2 aromatic rings. The summed E-state index contributed by atoms with van der Waals surface area (Å²) in [5, 5.41) is 16.0. The van der Waals surface area contributed by atoms with E-state index < -0.39 is 11.9 Å². The van der Waals surface area contributed by atoms with Gasteiger partial charge in [-0.1, -0.05) is 12.1 Å². The summed E-state index contributed by atoms with van der Waals surface area (Å²) in [5.41, 5.74) is 0.0999. The average molecular weight is 269 g/mol. The molecule has 0 aliphatic heterocycles. The lowest BCUT2D eigenvalue weighted by atomic mass is 10.1. The zero-order valence-corrected chi connectivity index (χ0v) is 10.7. The number of aliphatic hydroxyl groups excluding tert-OH is 1. The van der Waals surface area contributed by atoms with Crippen molar-refractivity contribution in [2.24, 2.45) is 7.05 Å². The molecule has 1 heterocycles. The molecule has 1 atom stereocenters. The van der Waals surface area contributed by atoms with Gasteiger partial charge >= 0.3 is 5.69 Å². The molecular formula is C11H12FN3O2S. The van der Waals surface area contributed by atoms with Gasteiger partial charge < -0.3 is 5.11 Å². The first kappa shape index (κ1) is 12.8. The highest BCUT2D eigenvalue weighted by atomic mass is 32.2. The van der Waals surface area contributed by atoms with Crippen molar-refractivity contribution in [3.8, 4) is 0 Å². The molecule has 0 fully saturated rings. The third-order valence-corrected chi connectivity index (χ3v) is 3.66. The van der Waals surface area contributed by atoms with Crippen LogP contribution in [0.5, 0.6) is 0 Å². The molecule has 0 bridgehead atoms. The van der Waals surface area contributed by atoms with Crippen LogP contribution in [0.4, 0.5) is 4.39 Å². The topological polar surface area (TPSA) is 70.9 Å². The van der Waals surface area contributed by atoms with Crippen molar-refractivity contribution in [1.29, 1.82) is 0 Å². The zero-order valence-electron chi connectivity index (χ0n) is 9.85. The van der Waals surface area contributed by atoms with Crippen molar-refractivity contribution in [1.82, 2.24) is 14.8 Å². The van der Waals surface area contributed by atoms with Gasteiger partial charge in [0.05, 0.1) is 11.0 Å². The molecule has 0 unspecified atom stereocenters. The van der Waals surface area contributed by atoms with Crippen LogP contribution in [0.3, 0.4) is 0 Å². The van der Waals surface area contributed by atoms with Crippen LogP contribution in [0.15, 0.2) is 33.0 Å². The van der Waals surface area contributed by atoms with Gasteiger partial charge in [0.1, 0.15) is 5.82 Å². The molecule has 0 aliphatic carbocycles. The first-order chi connectivity index (χ1) is 8.50. The van der Waals surface area contributed by atoms with Gasteiger partial charge in [-0.05, 0) is 30.3 Å². The summed E-state index contributed by atoms with van der Waals surface area (Å²) >= 11 is 1.00. The third-order valence-electron chi connectivity index (χ3n) is 2.48. The predicted molar refractivity (Wildman–Crippen MR) is 65.0 cm³/mol. The molecule has 0 aliphatic rings. The van der Waals surface area contributed by atoms with Crippen molar-refractivity contribution in [3.05, 3.63) is 40.1 Å². The standard InChI is InChI=1S/C11H12FN3O2S/c1-6(16)7-4-3-5-8(12)9(7)18-11-14-13-10(17)15(11)2/h3-6,16H,1-2H3,(H,13,17)/t6-/m0/s1. The number of hydrogen-bond acceptors (Lipinski definition) is 4. The van der Waals surface area contributed by atoms with Crippen LogP contribution in [-0.2, 0) is 7.05 Å². The fourth-order valence-electron chi connectivity index (χ4n) is 1.48. The van der Waals surface area contributed by atoms with Gasteiger partial charge in [-0.25, -0.2) is 14.3 Å². The molecule has 0 spiro atoms. The second-order valence-corrected chi connectivity index (χ2v) is 4.78. The minimum absolute atomic E-state index is 0.273. The Kier molecular flexibility index (Phi) is 3.53. The normalized spacial score (nSPS) is 12.7. The molecule has 7 heteroatoms. The third kappa shape index (κ3) is 2.32. The highest BCUT2D eigenvalue weighted by molar-refractivity contribution is 7.99. The van der Waals surface area contributed by atoms with E-state index in [0.717, 1.165) is 11.8 Å². The molecule has 5 nitrogen and oxygen atoms in total. The van der Waals surface area contributed by atoms with E-state index in [0.29, 0.717) is 10.7 Å². The van der Waals surface area contributed by atoms with E-state index in [1.807, 2.05) is 0 Å². The number of rotatable bonds is 3. The number of nitrogens with one attached hydrogen (secondary N) is 1. The van der Waals surface area contributed by atoms with Crippen LogP contribution >= 0.6 is 11.8 Å². The Bertz CT molecular complexity index is 621. The van der Waals surface area contributed by atoms with Crippen LogP contribution in [0, 0.1) is 5.82 Å². The van der Waals surface area contributed by atoms with Crippen molar-refractivity contribution < 1.29 is 9.50 Å². The lowest BCUT2D eigenvalue weighted by molar-refractivity contribution is 0.195. The Morgan fingerprint density at radius 1 is 1.56 bits per heavy atom. The Balaban J connectivity index is 2.46. The van der Waals surface area contributed by atoms with Crippen LogP contribution in [0.2, 0.25) is 0 Å². The lowest BCUT2D eigenvalue weighted by Crippen LogP contribution is -2.13. The van der Waals surface area contributed by atoms with Gasteiger partial charge in [0.2, 0.25) is 0 Å². The maximum absolute atomic E-state index is 13.8. The summed E-state index contributed by atoms with van der Waals surface area (Å²) < 4.78 is 15.1. The lowest BCUT2D eigenvalue weighted by Gasteiger charge is -2.11. The van der Waals surface area contributed by atoms with Gasteiger partial charge in [0.15, 0.2) is 5.16 Å². The fourth-order valence-corrected chi connectivity index (χ4v) is 2.49. The SMILES string of the molecule is C[C@H](O)c1cccc(F)c1Sc1n[nH]c(=O)n1C. The molecule has 96 valence electrons. The smallest absolute Gasteiger partial charge is 0.343 e. The van der Waals surface area contributed by atoms with Crippen LogP contribution < -0.4 is 5.69 Å². The van der Waals surface area contributed by atoms with E-state index in [2.05, 4.69) is 10.2 Å².